The Labute approximate surface area is 115 Å². The molecule has 0 unspecified atom stereocenters. The van der Waals surface area contributed by atoms with Crippen molar-refractivity contribution in [1.82, 2.24) is 9.78 Å². The second-order valence-electron chi connectivity index (χ2n) is 3.90. The van der Waals surface area contributed by atoms with Crippen molar-refractivity contribution >= 4 is 42.8 Å². The molecule has 1 saturated heterocycles. The molecule has 6 heteroatoms. The fourth-order valence-electron chi connectivity index (χ4n) is 1.97. The van der Waals surface area contributed by atoms with Gasteiger partial charge < -0.3 is 9.47 Å². The van der Waals surface area contributed by atoms with Gasteiger partial charge in [-0.15, -0.1) is 0 Å². The molecule has 1 aromatic carbocycles. The molecule has 0 radical (unpaired) electrons. The summed E-state index contributed by atoms with van der Waals surface area (Å²) in [4.78, 5) is 0. The van der Waals surface area contributed by atoms with E-state index in [0.29, 0.717) is 13.2 Å². The van der Waals surface area contributed by atoms with Gasteiger partial charge in [0.05, 0.1) is 18.7 Å². The quantitative estimate of drug-likeness (QED) is 0.782. The first-order valence-corrected chi connectivity index (χ1v) is 6.80. The first-order valence-electron chi connectivity index (χ1n) is 5.21. The van der Waals surface area contributed by atoms with Gasteiger partial charge in [0.1, 0.15) is 0 Å². The third-order valence-corrected chi connectivity index (χ3v) is 4.22. The summed E-state index contributed by atoms with van der Waals surface area (Å²) in [5.41, 5.74) is 1.93. The number of rotatable bonds is 1. The van der Waals surface area contributed by atoms with Gasteiger partial charge in [-0.1, -0.05) is 15.9 Å². The van der Waals surface area contributed by atoms with Crippen LogP contribution in [0.5, 0.6) is 0 Å². The maximum absolute atomic E-state index is 5.55. The van der Waals surface area contributed by atoms with Crippen molar-refractivity contribution in [2.75, 3.05) is 13.2 Å². The van der Waals surface area contributed by atoms with E-state index in [1.165, 1.54) is 0 Å². The molecule has 90 valence electrons. The summed E-state index contributed by atoms with van der Waals surface area (Å²) in [5.74, 6) is 0. The average Bonchev–Trinajstić information content (AvgIpc) is 2.87. The minimum Gasteiger partial charge on any atom is -0.346 e. The lowest BCUT2D eigenvalue weighted by molar-refractivity contribution is -0.0450. The molecule has 3 rings (SSSR count). The van der Waals surface area contributed by atoms with E-state index in [-0.39, 0.29) is 6.29 Å². The number of fused-ring (bicyclic) bond motifs is 1. The van der Waals surface area contributed by atoms with Crippen molar-refractivity contribution in [2.24, 2.45) is 7.05 Å². The van der Waals surface area contributed by atoms with Crippen LogP contribution in [0.15, 0.2) is 21.2 Å². The highest BCUT2D eigenvalue weighted by molar-refractivity contribution is 9.11. The molecule has 0 N–H and O–H groups in total. The van der Waals surface area contributed by atoms with Crippen LogP contribution < -0.4 is 0 Å². The molecule has 0 atom stereocenters. The van der Waals surface area contributed by atoms with Crippen molar-refractivity contribution in [1.29, 1.82) is 0 Å². The van der Waals surface area contributed by atoms with Gasteiger partial charge >= 0.3 is 0 Å². The van der Waals surface area contributed by atoms with Crippen LogP contribution in [0.1, 0.15) is 11.9 Å². The first-order chi connectivity index (χ1) is 8.16. The van der Waals surface area contributed by atoms with E-state index in [2.05, 4.69) is 37.0 Å². The predicted molar refractivity (Wildman–Crippen MR) is 70.8 cm³/mol. The number of hydrogen-bond acceptors (Lipinski definition) is 3. The lowest BCUT2D eigenvalue weighted by atomic mass is 10.1. The van der Waals surface area contributed by atoms with Crippen molar-refractivity contribution in [2.45, 2.75) is 6.29 Å². The van der Waals surface area contributed by atoms with E-state index in [0.717, 1.165) is 25.4 Å². The van der Waals surface area contributed by atoms with Gasteiger partial charge in [-0.2, -0.15) is 5.10 Å². The van der Waals surface area contributed by atoms with Crippen molar-refractivity contribution in [3.8, 4) is 0 Å². The van der Waals surface area contributed by atoms with E-state index < -0.39 is 0 Å². The Morgan fingerprint density at radius 2 is 2.06 bits per heavy atom. The summed E-state index contributed by atoms with van der Waals surface area (Å²) < 4.78 is 14.8. The minimum atomic E-state index is -0.302. The zero-order valence-corrected chi connectivity index (χ0v) is 12.3. The number of benzene rings is 1. The third-order valence-electron chi connectivity index (χ3n) is 2.71. The molecule has 2 heterocycles. The SMILES string of the molecule is Cn1cc2c(Br)c(C3OCCO3)c(Br)cc2n1. The smallest absolute Gasteiger partial charge is 0.186 e. The molecule has 0 spiro atoms. The normalized spacial score (nSPS) is 17.1. The summed E-state index contributed by atoms with van der Waals surface area (Å²) in [6.07, 6.45) is 1.67. The van der Waals surface area contributed by atoms with Gasteiger partial charge in [0.25, 0.3) is 0 Å². The van der Waals surface area contributed by atoms with Crippen LogP contribution in [0.25, 0.3) is 10.9 Å². The highest BCUT2D eigenvalue weighted by Crippen LogP contribution is 2.39. The molecule has 0 amide bonds. The monoisotopic (exact) mass is 360 g/mol. The number of hydrogen-bond donors (Lipinski definition) is 0. The molecule has 1 fully saturated rings. The second-order valence-corrected chi connectivity index (χ2v) is 5.54. The van der Waals surface area contributed by atoms with Crippen LogP contribution in [0.3, 0.4) is 0 Å². The molecule has 2 aromatic rings. The number of aromatic nitrogens is 2. The Kier molecular flexibility index (Phi) is 2.98. The van der Waals surface area contributed by atoms with E-state index in [9.17, 15) is 0 Å². The highest BCUT2D eigenvalue weighted by Gasteiger charge is 2.25. The Morgan fingerprint density at radius 1 is 1.35 bits per heavy atom. The Bertz CT molecular complexity index is 576. The maximum atomic E-state index is 5.55. The Morgan fingerprint density at radius 3 is 2.76 bits per heavy atom. The van der Waals surface area contributed by atoms with Gasteiger partial charge in [0, 0.05) is 33.1 Å². The van der Waals surface area contributed by atoms with Crippen LogP contribution in [-0.4, -0.2) is 23.0 Å². The van der Waals surface area contributed by atoms with Gasteiger partial charge in [0.2, 0.25) is 0 Å². The number of halogens is 2. The fourth-order valence-corrected chi connectivity index (χ4v) is 3.54. The van der Waals surface area contributed by atoms with E-state index >= 15 is 0 Å². The van der Waals surface area contributed by atoms with Crippen LogP contribution in [0.2, 0.25) is 0 Å². The lowest BCUT2D eigenvalue weighted by Gasteiger charge is -2.13. The third kappa shape index (κ3) is 1.93. The van der Waals surface area contributed by atoms with E-state index in [1.54, 1.807) is 4.68 Å². The van der Waals surface area contributed by atoms with E-state index in [4.69, 9.17) is 9.47 Å². The van der Waals surface area contributed by atoms with Crippen LogP contribution in [0.4, 0.5) is 0 Å². The summed E-state index contributed by atoms with van der Waals surface area (Å²) in [6, 6.07) is 1.99. The predicted octanol–water partition coefficient (Wildman–Crippen LogP) is 3.14. The molecule has 1 aliphatic heterocycles. The van der Waals surface area contributed by atoms with Crippen LogP contribution in [0, 0.1) is 0 Å². The first kappa shape index (κ1) is 11.6. The van der Waals surface area contributed by atoms with Gasteiger partial charge in [-0.3, -0.25) is 4.68 Å². The van der Waals surface area contributed by atoms with Crippen molar-refractivity contribution < 1.29 is 9.47 Å². The summed E-state index contributed by atoms with van der Waals surface area (Å²) in [7, 11) is 1.91. The molecule has 17 heavy (non-hydrogen) atoms. The van der Waals surface area contributed by atoms with E-state index in [1.807, 2.05) is 19.3 Å². The number of ether oxygens (including phenoxy) is 2. The Balaban J connectivity index is 2.22. The van der Waals surface area contributed by atoms with Gasteiger partial charge in [-0.05, 0) is 22.0 Å². The molecule has 1 aliphatic rings. The summed E-state index contributed by atoms with van der Waals surface area (Å²) >= 11 is 7.16. The molecular formula is C11H10Br2N2O2. The number of aryl methyl sites for hydroxylation is 1. The van der Waals surface area contributed by atoms with Gasteiger partial charge in [0.15, 0.2) is 6.29 Å². The zero-order valence-electron chi connectivity index (χ0n) is 9.11. The zero-order chi connectivity index (χ0) is 12.0. The number of nitrogens with zero attached hydrogens (tertiary/aromatic N) is 2. The lowest BCUT2D eigenvalue weighted by Crippen LogP contribution is -2.00. The molecule has 0 aliphatic carbocycles. The topological polar surface area (TPSA) is 36.3 Å². The van der Waals surface area contributed by atoms with Crippen LogP contribution >= 0.6 is 31.9 Å². The highest BCUT2D eigenvalue weighted by atomic mass is 79.9. The maximum Gasteiger partial charge on any atom is 0.186 e. The van der Waals surface area contributed by atoms with Crippen molar-refractivity contribution in [3.05, 3.63) is 26.8 Å². The molecular weight excluding hydrogens is 352 g/mol. The largest absolute Gasteiger partial charge is 0.346 e. The fraction of sp³-hybridized carbons (Fsp3) is 0.364. The Hall–Kier alpha value is -0.430. The van der Waals surface area contributed by atoms with Crippen LogP contribution in [-0.2, 0) is 16.5 Å². The molecule has 4 nitrogen and oxygen atoms in total. The molecule has 1 aromatic heterocycles. The average molecular weight is 362 g/mol. The standard InChI is InChI=1S/C11H10Br2N2O2/c1-15-5-6-8(14-15)4-7(12)9(10(6)13)11-16-2-3-17-11/h4-5,11H,2-3H2,1H3. The summed E-state index contributed by atoms with van der Waals surface area (Å²) in [6.45, 7) is 1.27. The summed E-state index contributed by atoms with van der Waals surface area (Å²) in [5, 5.41) is 5.44. The van der Waals surface area contributed by atoms with Crippen molar-refractivity contribution in [3.63, 3.8) is 0 Å². The minimum absolute atomic E-state index is 0.302. The second kappa shape index (κ2) is 4.35. The molecule has 0 bridgehead atoms. The van der Waals surface area contributed by atoms with Gasteiger partial charge in [-0.25, -0.2) is 0 Å². The molecule has 0 saturated carbocycles.